The first-order valence-corrected chi connectivity index (χ1v) is 8.71. The largest absolute Gasteiger partial charge is 0.488 e. The molecule has 1 saturated heterocycles. The first kappa shape index (κ1) is 17.3. The topological polar surface area (TPSA) is 72.3 Å². The smallest absolute Gasteiger partial charge is 0.317 e. The summed E-state index contributed by atoms with van der Waals surface area (Å²) in [7, 11) is 0. The molecule has 1 fully saturated rings. The Morgan fingerprint density at radius 1 is 1.36 bits per heavy atom. The summed E-state index contributed by atoms with van der Waals surface area (Å²) in [6.45, 7) is 6.95. The molecule has 1 aliphatic rings. The van der Waals surface area contributed by atoms with E-state index in [4.69, 9.17) is 4.74 Å². The fraction of sp³-hybridized carbons (Fsp3) is 0.500. The molecule has 0 saturated carbocycles. The van der Waals surface area contributed by atoms with Gasteiger partial charge in [0.2, 0.25) is 0 Å². The number of hydrogen-bond acceptors (Lipinski definition) is 4. The average molecular weight is 343 g/mol. The minimum Gasteiger partial charge on any atom is -0.488 e. The van der Waals surface area contributed by atoms with E-state index < -0.39 is 0 Å². The molecule has 7 heteroatoms. The normalized spacial score (nSPS) is 17.1. The van der Waals surface area contributed by atoms with Gasteiger partial charge >= 0.3 is 6.03 Å². The lowest BCUT2D eigenvalue weighted by Gasteiger charge is -2.18. The number of carbonyl (C=O) groups is 1. The summed E-state index contributed by atoms with van der Waals surface area (Å²) >= 11 is 0. The maximum Gasteiger partial charge on any atom is 0.317 e. The molecular formula is C18H25N5O2. The SMILES string of the molecule is CC(C)Cn1ccnc1CNC(=O)N1CC[C@@H](Oc2ccncc2)C1. The van der Waals surface area contributed by atoms with Crippen molar-refractivity contribution in [3.05, 3.63) is 42.7 Å². The van der Waals surface area contributed by atoms with Gasteiger partial charge in [0.05, 0.1) is 13.1 Å². The van der Waals surface area contributed by atoms with Gasteiger partial charge in [-0.3, -0.25) is 4.98 Å². The third-order valence-corrected chi connectivity index (χ3v) is 4.15. The standard InChI is InChI=1S/C18H25N5O2/c1-14(2)12-22-10-8-20-17(22)11-21-18(24)23-9-5-16(13-23)25-15-3-6-19-7-4-15/h3-4,6-8,10,14,16H,5,9,11-13H2,1-2H3,(H,21,24)/t16-/m1/s1. The minimum atomic E-state index is -0.0695. The van der Waals surface area contributed by atoms with E-state index >= 15 is 0 Å². The third kappa shape index (κ3) is 4.71. The van der Waals surface area contributed by atoms with E-state index in [0.717, 1.165) is 24.5 Å². The molecule has 134 valence electrons. The Hall–Kier alpha value is -2.57. The second-order valence-electron chi connectivity index (χ2n) is 6.71. The monoisotopic (exact) mass is 343 g/mol. The summed E-state index contributed by atoms with van der Waals surface area (Å²) < 4.78 is 7.98. The number of imidazole rings is 1. The van der Waals surface area contributed by atoms with Crippen LogP contribution in [0.25, 0.3) is 0 Å². The Bertz CT molecular complexity index is 686. The summed E-state index contributed by atoms with van der Waals surface area (Å²) in [5, 5.41) is 2.96. The lowest BCUT2D eigenvalue weighted by Crippen LogP contribution is -2.39. The van der Waals surface area contributed by atoms with Gasteiger partial charge in [-0.2, -0.15) is 0 Å². The predicted molar refractivity (Wildman–Crippen MR) is 94.1 cm³/mol. The van der Waals surface area contributed by atoms with Crippen LogP contribution >= 0.6 is 0 Å². The van der Waals surface area contributed by atoms with Gasteiger partial charge in [0, 0.05) is 44.3 Å². The van der Waals surface area contributed by atoms with Gasteiger partial charge in [0.25, 0.3) is 0 Å². The zero-order valence-electron chi connectivity index (χ0n) is 14.8. The van der Waals surface area contributed by atoms with Crippen molar-refractivity contribution in [3.63, 3.8) is 0 Å². The molecule has 0 unspecified atom stereocenters. The number of urea groups is 1. The van der Waals surface area contributed by atoms with Gasteiger partial charge in [-0.05, 0) is 18.1 Å². The summed E-state index contributed by atoms with van der Waals surface area (Å²) in [4.78, 5) is 22.5. The van der Waals surface area contributed by atoms with Gasteiger partial charge < -0.3 is 19.5 Å². The Morgan fingerprint density at radius 3 is 2.92 bits per heavy atom. The van der Waals surface area contributed by atoms with E-state index in [9.17, 15) is 4.79 Å². The highest BCUT2D eigenvalue weighted by Crippen LogP contribution is 2.17. The van der Waals surface area contributed by atoms with Gasteiger partial charge in [-0.15, -0.1) is 0 Å². The molecule has 0 aliphatic carbocycles. The van der Waals surface area contributed by atoms with Crippen LogP contribution < -0.4 is 10.1 Å². The molecule has 3 heterocycles. The number of amides is 2. The first-order valence-electron chi connectivity index (χ1n) is 8.71. The maximum absolute atomic E-state index is 12.4. The minimum absolute atomic E-state index is 0.0241. The quantitative estimate of drug-likeness (QED) is 0.873. The fourth-order valence-corrected chi connectivity index (χ4v) is 2.95. The number of ether oxygens (including phenoxy) is 1. The number of likely N-dealkylation sites (tertiary alicyclic amines) is 1. The summed E-state index contributed by atoms with van der Waals surface area (Å²) in [6, 6.07) is 3.59. The van der Waals surface area contributed by atoms with Gasteiger partial charge in [-0.25, -0.2) is 9.78 Å². The zero-order chi connectivity index (χ0) is 17.6. The number of rotatable bonds is 6. The van der Waals surface area contributed by atoms with Crippen LogP contribution in [0.15, 0.2) is 36.9 Å². The molecule has 0 aromatic carbocycles. The highest BCUT2D eigenvalue weighted by Gasteiger charge is 2.27. The van der Waals surface area contributed by atoms with Crippen LogP contribution in [0.2, 0.25) is 0 Å². The van der Waals surface area contributed by atoms with Crippen molar-refractivity contribution >= 4 is 6.03 Å². The Balaban J connectivity index is 1.47. The van der Waals surface area contributed by atoms with Crippen molar-refractivity contribution in [1.29, 1.82) is 0 Å². The number of hydrogen-bond donors (Lipinski definition) is 1. The van der Waals surface area contributed by atoms with Crippen molar-refractivity contribution in [1.82, 2.24) is 24.8 Å². The van der Waals surface area contributed by atoms with E-state index in [2.05, 4.69) is 33.7 Å². The second kappa shape index (κ2) is 8.00. The Morgan fingerprint density at radius 2 is 2.16 bits per heavy atom. The highest BCUT2D eigenvalue weighted by molar-refractivity contribution is 5.74. The third-order valence-electron chi connectivity index (χ3n) is 4.15. The zero-order valence-corrected chi connectivity index (χ0v) is 14.8. The van der Waals surface area contributed by atoms with E-state index in [1.54, 1.807) is 23.5 Å². The fourth-order valence-electron chi connectivity index (χ4n) is 2.95. The van der Waals surface area contributed by atoms with Crippen LogP contribution in [-0.4, -0.2) is 44.7 Å². The molecule has 0 bridgehead atoms. The highest BCUT2D eigenvalue weighted by atomic mass is 16.5. The molecule has 3 rings (SSSR count). The summed E-state index contributed by atoms with van der Waals surface area (Å²) in [5.41, 5.74) is 0. The van der Waals surface area contributed by atoms with Crippen LogP contribution in [0.5, 0.6) is 5.75 Å². The van der Waals surface area contributed by atoms with Crippen molar-refractivity contribution in [2.24, 2.45) is 5.92 Å². The molecule has 0 radical (unpaired) electrons. The number of aromatic nitrogens is 3. The van der Waals surface area contributed by atoms with Crippen LogP contribution in [0, 0.1) is 5.92 Å². The van der Waals surface area contributed by atoms with Crippen LogP contribution in [0.3, 0.4) is 0 Å². The Kier molecular flexibility index (Phi) is 5.53. The average Bonchev–Trinajstić information content (AvgIpc) is 3.23. The molecule has 1 N–H and O–H groups in total. The summed E-state index contributed by atoms with van der Waals surface area (Å²) in [6.07, 6.45) is 7.99. The van der Waals surface area contributed by atoms with E-state index in [1.165, 1.54) is 0 Å². The van der Waals surface area contributed by atoms with Gasteiger partial charge in [0.1, 0.15) is 17.7 Å². The van der Waals surface area contributed by atoms with Crippen molar-refractivity contribution in [3.8, 4) is 5.75 Å². The van der Waals surface area contributed by atoms with Crippen LogP contribution in [-0.2, 0) is 13.1 Å². The van der Waals surface area contributed by atoms with Gasteiger partial charge in [0.15, 0.2) is 0 Å². The Labute approximate surface area is 148 Å². The maximum atomic E-state index is 12.4. The molecule has 7 nitrogen and oxygen atoms in total. The number of nitrogens with zero attached hydrogens (tertiary/aromatic N) is 4. The van der Waals surface area contributed by atoms with E-state index in [-0.39, 0.29) is 12.1 Å². The summed E-state index contributed by atoms with van der Waals surface area (Å²) in [5.74, 6) is 2.21. The number of nitrogens with one attached hydrogen (secondary N) is 1. The van der Waals surface area contributed by atoms with Crippen molar-refractivity contribution in [2.45, 2.75) is 39.5 Å². The molecule has 1 atom stereocenters. The molecule has 0 spiro atoms. The molecule has 2 aromatic heterocycles. The van der Waals surface area contributed by atoms with Crippen LogP contribution in [0.1, 0.15) is 26.1 Å². The van der Waals surface area contributed by atoms with E-state index in [0.29, 0.717) is 25.6 Å². The van der Waals surface area contributed by atoms with Crippen molar-refractivity contribution < 1.29 is 9.53 Å². The molecule has 25 heavy (non-hydrogen) atoms. The number of carbonyl (C=O) groups excluding carboxylic acids is 1. The lowest BCUT2D eigenvalue weighted by molar-refractivity contribution is 0.186. The predicted octanol–water partition coefficient (Wildman–Crippen LogP) is 2.30. The van der Waals surface area contributed by atoms with Crippen molar-refractivity contribution in [2.75, 3.05) is 13.1 Å². The van der Waals surface area contributed by atoms with Crippen LogP contribution in [0.4, 0.5) is 4.79 Å². The second-order valence-corrected chi connectivity index (χ2v) is 6.71. The molecule has 1 aliphatic heterocycles. The van der Waals surface area contributed by atoms with Gasteiger partial charge in [-0.1, -0.05) is 13.8 Å². The lowest BCUT2D eigenvalue weighted by atomic mass is 10.2. The number of pyridine rings is 1. The first-order chi connectivity index (χ1) is 12.1. The molecular weight excluding hydrogens is 318 g/mol. The molecule has 2 aromatic rings. The molecule has 2 amide bonds. The van der Waals surface area contributed by atoms with E-state index in [1.807, 2.05) is 18.3 Å².